The molecule has 2 aromatic rings. The minimum atomic E-state index is -0.285. The number of carbonyl (C=O) groups is 1. The van der Waals surface area contributed by atoms with E-state index < -0.39 is 0 Å². The number of benzene rings is 2. The predicted octanol–water partition coefficient (Wildman–Crippen LogP) is 3.18. The molecule has 0 aliphatic rings. The summed E-state index contributed by atoms with van der Waals surface area (Å²) in [6.07, 6.45) is 0. The number of methoxy groups -OCH3 is 1. The first kappa shape index (κ1) is 14.7. The van der Waals surface area contributed by atoms with Crippen molar-refractivity contribution in [2.75, 3.05) is 26.3 Å². The van der Waals surface area contributed by atoms with Crippen LogP contribution in [0.2, 0.25) is 0 Å². The van der Waals surface area contributed by atoms with Crippen LogP contribution in [0.1, 0.15) is 0 Å². The summed E-state index contributed by atoms with van der Waals surface area (Å²) >= 11 is 0. The number of carbonyl (C=O) groups excluding carboxylic acids is 1. The van der Waals surface area contributed by atoms with E-state index in [1.165, 1.54) is 9.96 Å². The molecule has 0 fully saturated rings. The molecule has 2 aromatic carbocycles. The number of urea groups is 1. The van der Waals surface area contributed by atoms with Crippen LogP contribution < -0.4 is 14.6 Å². The Kier molecular flexibility index (Phi) is 4.66. The zero-order chi connectivity index (χ0) is 15.2. The van der Waals surface area contributed by atoms with Crippen molar-refractivity contribution in [3.8, 4) is 11.5 Å². The zero-order valence-electron chi connectivity index (χ0n) is 12.3. The van der Waals surface area contributed by atoms with Crippen LogP contribution in [0.5, 0.6) is 11.5 Å². The molecule has 0 aliphatic heterocycles. The van der Waals surface area contributed by atoms with Crippen LogP contribution in [0, 0.1) is 0 Å². The van der Waals surface area contributed by atoms with Gasteiger partial charge in [0.1, 0.15) is 0 Å². The second-order valence-corrected chi connectivity index (χ2v) is 4.55. The van der Waals surface area contributed by atoms with Gasteiger partial charge in [-0.15, -0.1) is 5.06 Å². The van der Waals surface area contributed by atoms with Gasteiger partial charge in [-0.3, -0.25) is 0 Å². The topological polar surface area (TPSA) is 42.0 Å². The second kappa shape index (κ2) is 6.65. The Morgan fingerprint density at radius 3 is 2.05 bits per heavy atom. The van der Waals surface area contributed by atoms with E-state index in [9.17, 15) is 4.79 Å². The van der Waals surface area contributed by atoms with Gasteiger partial charge in [-0.1, -0.05) is 30.3 Å². The largest absolute Gasteiger partial charge is 0.493 e. The molecule has 0 saturated carbocycles. The fraction of sp³-hybridized carbons (Fsp3) is 0.188. The van der Waals surface area contributed by atoms with E-state index in [2.05, 4.69) is 0 Å². The molecule has 5 heteroatoms. The van der Waals surface area contributed by atoms with E-state index in [0.717, 1.165) is 0 Å². The molecule has 0 heterocycles. The molecule has 0 N–H and O–H groups in total. The lowest BCUT2D eigenvalue weighted by Crippen LogP contribution is -2.41. The number of hydrogen-bond donors (Lipinski definition) is 0. The molecule has 0 spiro atoms. The summed E-state index contributed by atoms with van der Waals surface area (Å²) in [5.74, 6) is 1.03. The highest BCUT2D eigenvalue weighted by molar-refractivity contribution is 5.90. The van der Waals surface area contributed by atoms with Gasteiger partial charge in [0, 0.05) is 14.1 Å². The lowest BCUT2D eigenvalue weighted by Gasteiger charge is -2.26. The summed E-state index contributed by atoms with van der Waals surface area (Å²) in [6.45, 7) is 0. The number of para-hydroxylation sites is 3. The smallest absolute Gasteiger partial charge is 0.357 e. The van der Waals surface area contributed by atoms with Gasteiger partial charge in [0.25, 0.3) is 0 Å². The average Bonchev–Trinajstić information content (AvgIpc) is 2.53. The van der Waals surface area contributed by atoms with Crippen LogP contribution in [0.4, 0.5) is 10.5 Å². The Hall–Kier alpha value is -2.69. The highest BCUT2D eigenvalue weighted by Crippen LogP contribution is 2.28. The monoisotopic (exact) mass is 286 g/mol. The summed E-state index contributed by atoms with van der Waals surface area (Å²) in [5.41, 5.74) is 0.641. The van der Waals surface area contributed by atoms with Crippen LogP contribution in [0.15, 0.2) is 54.6 Å². The highest BCUT2D eigenvalue weighted by atomic mass is 16.7. The first-order valence-electron chi connectivity index (χ1n) is 6.51. The van der Waals surface area contributed by atoms with Gasteiger partial charge in [-0.25, -0.2) is 4.79 Å². The van der Waals surface area contributed by atoms with Crippen molar-refractivity contribution < 1.29 is 14.4 Å². The summed E-state index contributed by atoms with van der Waals surface area (Å²) in [7, 11) is 4.90. The van der Waals surface area contributed by atoms with Crippen molar-refractivity contribution in [1.29, 1.82) is 0 Å². The molecule has 2 amide bonds. The number of anilines is 1. The second-order valence-electron chi connectivity index (χ2n) is 4.55. The zero-order valence-corrected chi connectivity index (χ0v) is 12.3. The van der Waals surface area contributed by atoms with E-state index in [0.29, 0.717) is 17.2 Å². The van der Waals surface area contributed by atoms with E-state index in [-0.39, 0.29) is 6.03 Å². The molecule has 0 atom stereocenters. The highest BCUT2D eigenvalue weighted by Gasteiger charge is 2.21. The van der Waals surface area contributed by atoms with Gasteiger partial charge in [0.2, 0.25) is 0 Å². The minimum Gasteiger partial charge on any atom is -0.493 e. The maximum absolute atomic E-state index is 12.3. The molecule has 0 radical (unpaired) electrons. The normalized spacial score (nSPS) is 9.86. The lowest BCUT2D eigenvalue weighted by atomic mass is 10.3. The molecule has 0 unspecified atom stereocenters. The van der Waals surface area contributed by atoms with Crippen molar-refractivity contribution in [3.63, 3.8) is 0 Å². The van der Waals surface area contributed by atoms with Crippen molar-refractivity contribution in [2.45, 2.75) is 0 Å². The number of nitrogens with zero attached hydrogens (tertiary/aromatic N) is 2. The third-order valence-electron chi connectivity index (χ3n) is 2.81. The summed E-state index contributed by atoms with van der Waals surface area (Å²) in [4.78, 5) is 19.5. The Morgan fingerprint density at radius 1 is 0.905 bits per heavy atom. The quantitative estimate of drug-likeness (QED) is 0.811. The first-order valence-corrected chi connectivity index (χ1v) is 6.51. The molecule has 21 heavy (non-hydrogen) atoms. The number of hydrogen-bond acceptors (Lipinski definition) is 3. The number of ether oxygens (including phenoxy) is 1. The van der Waals surface area contributed by atoms with Crippen LogP contribution in [0.3, 0.4) is 0 Å². The maximum atomic E-state index is 12.3. The van der Waals surface area contributed by atoms with Gasteiger partial charge in [-0.2, -0.15) is 0 Å². The van der Waals surface area contributed by atoms with Crippen LogP contribution in [0.25, 0.3) is 0 Å². The SMILES string of the molecule is COc1ccccc1ON(C(=O)N(C)C)c1ccccc1. The number of rotatable bonds is 4. The fourth-order valence-corrected chi connectivity index (χ4v) is 1.74. The summed E-state index contributed by atoms with van der Waals surface area (Å²) in [6, 6.07) is 16.1. The van der Waals surface area contributed by atoms with Crippen LogP contribution in [-0.2, 0) is 0 Å². The van der Waals surface area contributed by atoms with Crippen LogP contribution >= 0.6 is 0 Å². The van der Waals surface area contributed by atoms with Crippen molar-refractivity contribution >= 4 is 11.7 Å². The third kappa shape index (κ3) is 3.45. The lowest BCUT2D eigenvalue weighted by molar-refractivity contribution is 0.188. The standard InChI is InChI=1S/C16H18N2O3/c1-17(2)16(19)18(13-9-5-4-6-10-13)21-15-12-8-7-11-14(15)20-3/h4-12H,1-3H3. The Morgan fingerprint density at radius 2 is 1.48 bits per heavy atom. The molecule has 0 saturated heterocycles. The fourth-order valence-electron chi connectivity index (χ4n) is 1.74. The van der Waals surface area contributed by atoms with Crippen LogP contribution in [-0.4, -0.2) is 32.1 Å². The van der Waals surface area contributed by atoms with Gasteiger partial charge in [0.15, 0.2) is 11.5 Å². The molecule has 0 aliphatic carbocycles. The Bertz CT molecular complexity index is 599. The average molecular weight is 286 g/mol. The summed E-state index contributed by atoms with van der Waals surface area (Å²) in [5, 5.41) is 1.23. The third-order valence-corrected chi connectivity index (χ3v) is 2.81. The van der Waals surface area contributed by atoms with E-state index in [4.69, 9.17) is 9.57 Å². The predicted molar refractivity (Wildman–Crippen MR) is 81.6 cm³/mol. The maximum Gasteiger partial charge on any atom is 0.357 e. The molecule has 2 rings (SSSR count). The van der Waals surface area contributed by atoms with E-state index in [1.807, 2.05) is 30.3 Å². The van der Waals surface area contributed by atoms with Gasteiger partial charge >= 0.3 is 6.03 Å². The van der Waals surface area contributed by atoms with Crippen molar-refractivity contribution in [3.05, 3.63) is 54.6 Å². The van der Waals surface area contributed by atoms with Crippen molar-refractivity contribution in [2.24, 2.45) is 0 Å². The molecular weight excluding hydrogens is 268 g/mol. The minimum absolute atomic E-state index is 0.285. The van der Waals surface area contributed by atoms with E-state index >= 15 is 0 Å². The Balaban J connectivity index is 2.35. The molecule has 5 nitrogen and oxygen atoms in total. The molecular formula is C16H18N2O3. The van der Waals surface area contributed by atoms with Gasteiger partial charge < -0.3 is 14.5 Å². The Labute approximate surface area is 124 Å². The van der Waals surface area contributed by atoms with Gasteiger partial charge in [0.05, 0.1) is 12.8 Å². The van der Waals surface area contributed by atoms with Crippen molar-refractivity contribution in [1.82, 2.24) is 4.90 Å². The van der Waals surface area contributed by atoms with Gasteiger partial charge in [-0.05, 0) is 24.3 Å². The summed E-state index contributed by atoms with van der Waals surface area (Å²) < 4.78 is 5.25. The molecule has 0 aromatic heterocycles. The molecule has 110 valence electrons. The number of amides is 2. The van der Waals surface area contributed by atoms with E-state index in [1.54, 1.807) is 45.5 Å². The molecule has 0 bridgehead atoms. The first-order chi connectivity index (χ1) is 10.1. The number of hydroxylamine groups is 1.